The number of aromatic nitrogens is 2. The number of rotatable bonds is 5. The highest BCUT2D eigenvalue weighted by Crippen LogP contribution is 2.34. The minimum Gasteiger partial charge on any atom is -0.368 e. The summed E-state index contributed by atoms with van der Waals surface area (Å²) in [6, 6.07) is 0. The summed E-state index contributed by atoms with van der Waals surface area (Å²) < 4.78 is 0. The lowest BCUT2D eigenvalue weighted by Gasteiger charge is -2.26. The van der Waals surface area contributed by atoms with Gasteiger partial charge in [0.15, 0.2) is 0 Å². The van der Waals surface area contributed by atoms with Crippen LogP contribution in [0, 0.1) is 6.92 Å². The predicted octanol–water partition coefficient (Wildman–Crippen LogP) is 2.60. The largest absolute Gasteiger partial charge is 0.368 e. The number of amides is 1. The van der Waals surface area contributed by atoms with Gasteiger partial charge >= 0.3 is 0 Å². The number of piperidine rings is 1. The molecule has 1 aliphatic rings. The second-order valence-electron chi connectivity index (χ2n) is 6.54. The van der Waals surface area contributed by atoms with Gasteiger partial charge in [-0.25, -0.2) is 9.97 Å². The van der Waals surface area contributed by atoms with Crippen LogP contribution >= 0.6 is 11.3 Å². The van der Waals surface area contributed by atoms with Crippen LogP contribution < -0.4 is 5.32 Å². The molecule has 6 nitrogen and oxygen atoms in total. The zero-order valence-corrected chi connectivity index (χ0v) is 15.4. The second kappa shape index (κ2) is 7.44. The molecule has 1 aliphatic heterocycles. The monoisotopic (exact) mass is 347 g/mol. The molecule has 2 aromatic rings. The van der Waals surface area contributed by atoms with Crippen molar-refractivity contribution >= 4 is 33.3 Å². The van der Waals surface area contributed by atoms with E-state index in [-0.39, 0.29) is 5.91 Å². The van der Waals surface area contributed by atoms with E-state index in [2.05, 4.69) is 20.2 Å². The number of carbonyl (C=O) groups excluding carboxylic acids is 1. The predicted molar refractivity (Wildman–Crippen MR) is 99.0 cm³/mol. The van der Waals surface area contributed by atoms with Crippen LogP contribution in [0.2, 0.25) is 0 Å². The van der Waals surface area contributed by atoms with Crippen molar-refractivity contribution in [2.45, 2.75) is 26.2 Å². The van der Waals surface area contributed by atoms with Gasteiger partial charge < -0.3 is 15.1 Å². The Balaban J connectivity index is 1.88. The van der Waals surface area contributed by atoms with E-state index in [4.69, 9.17) is 0 Å². The third-order valence-corrected chi connectivity index (χ3v) is 5.60. The van der Waals surface area contributed by atoms with Crippen molar-refractivity contribution in [3.8, 4) is 0 Å². The standard InChI is InChI=1S/C17H25N5OS/c1-12-13-15(18-7-10-21(2)3)19-11-20-16(13)24-14(12)17(23)22-8-5-4-6-9-22/h11H,4-10H2,1-3H3,(H,18,19,20). The molecule has 0 atom stereocenters. The van der Waals surface area contributed by atoms with Crippen molar-refractivity contribution in [3.63, 3.8) is 0 Å². The molecule has 0 saturated carbocycles. The fourth-order valence-corrected chi connectivity index (χ4v) is 4.16. The number of hydrogen-bond donors (Lipinski definition) is 1. The first-order valence-electron chi connectivity index (χ1n) is 8.50. The summed E-state index contributed by atoms with van der Waals surface area (Å²) in [6.45, 7) is 5.48. The fraction of sp³-hybridized carbons (Fsp3) is 0.588. The fourth-order valence-electron chi connectivity index (χ4n) is 3.05. The molecule has 0 spiro atoms. The molecule has 3 heterocycles. The van der Waals surface area contributed by atoms with Gasteiger partial charge in [0.1, 0.15) is 17.0 Å². The minimum atomic E-state index is 0.148. The zero-order valence-electron chi connectivity index (χ0n) is 14.6. The van der Waals surface area contributed by atoms with Crippen LogP contribution in [0.25, 0.3) is 10.2 Å². The zero-order chi connectivity index (χ0) is 17.1. The third-order valence-electron chi connectivity index (χ3n) is 4.42. The van der Waals surface area contributed by atoms with Gasteiger partial charge in [-0.3, -0.25) is 4.79 Å². The summed E-state index contributed by atoms with van der Waals surface area (Å²) >= 11 is 1.49. The molecule has 1 N–H and O–H groups in total. The van der Waals surface area contributed by atoms with Crippen molar-refractivity contribution in [2.24, 2.45) is 0 Å². The van der Waals surface area contributed by atoms with Gasteiger partial charge in [-0.05, 0) is 45.8 Å². The van der Waals surface area contributed by atoms with Gasteiger partial charge in [0.2, 0.25) is 0 Å². The number of fused-ring (bicyclic) bond motifs is 1. The molecular formula is C17H25N5OS. The number of aryl methyl sites for hydroxylation is 1. The lowest BCUT2D eigenvalue weighted by atomic mass is 10.1. The molecule has 130 valence electrons. The van der Waals surface area contributed by atoms with Gasteiger partial charge in [-0.2, -0.15) is 0 Å². The molecule has 1 amide bonds. The normalized spacial score (nSPS) is 15.2. The van der Waals surface area contributed by atoms with E-state index in [1.165, 1.54) is 17.8 Å². The lowest BCUT2D eigenvalue weighted by molar-refractivity contribution is 0.0728. The van der Waals surface area contributed by atoms with E-state index in [1.807, 2.05) is 25.9 Å². The van der Waals surface area contributed by atoms with Crippen LogP contribution in [0.3, 0.4) is 0 Å². The molecule has 1 fully saturated rings. The molecule has 1 saturated heterocycles. The molecule has 3 rings (SSSR count). The van der Waals surface area contributed by atoms with E-state index in [0.29, 0.717) is 0 Å². The summed E-state index contributed by atoms with van der Waals surface area (Å²) in [5.41, 5.74) is 0.999. The average molecular weight is 347 g/mol. The average Bonchev–Trinajstić information content (AvgIpc) is 2.92. The van der Waals surface area contributed by atoms with Crippen molar-refractivity contribution in [3.05, 3.63) is 16.8 Å². The van der Waals surface area contributed by atoms with Crippen LogP contribution in [0.1, 0.15) is 34.5 Å². The van der Waals surface area contributed by atoms with E-state index in [0.717, 1.165) is 65.5 Å². The molecule has 0 unspecified atom stereocenters. The highest BCUT2D eigenvalue weighted by Gasteiger charge is 2.24. The Bertz CT molecular complexity index is 721. The van der Waals surface area contributed by atoms with E-state index < -0.39 is 0 Å². The SMILES string of the molecule is Cc1c(C(=O)N2CCCCC2)sc2ncnc(NCCN(C)C)c12. The van der Waals surface area contributed by atoms with Crippen molar-refractivity contribution in [1.82, 2.24) is 19.8 Å². The third kappa shape index (κ3) is 3.52. The highest BCUT2D eigenvalue weighted by atomic mass is 32.1. The quantitative estimate of drug-likeness (QED) is 0.901. The summed E-state index contributed by atoms with van der Waals surface area (Å²) in [7, 11) is 4.09. The molecule has 0 aromatic carbocycles. The number of anilines is 1. The van der Waals surface area contributed by atoms with Gasteiger partial charge in [0, 0.05) is 26.2 Å². The Labute approximate surface area is 146 Å². The molecule has 7 heteroatoms. The number of nitrogens with one attached hydrogen (secondary N) is 1. The summed E-state index contributed by atoms with van der Waals surface area (Å²) in [4.78, 5) is 27.4. The van der Waals surface area contributed by atoms with Gasteiger partial charge in [-0.15, -0.1) is 11.3 Å². The minimum absolute atomic E-state index is 0.148. The Morgan fingerprint density at radius 1 is 1.29 bits per heavy atom. The second-order valence-corrected chi connectivity index (χ2v) is 7.54. The Morgan fingerprint density at radius 2 is 2.04 bits per heavy atom. The Hall–Kier alpha value is -1.73. The topological polar surface area (TPSA) is 61.4 Å². The Kier molecular flexibility index (Phi) is 5.30. The van der Waals surface area contributed by atoms with Gasteiger partial charge in [-0.1, -0.05) is 0 Å². The van der Waals surface area contributed by atoms with Crippen molar-refractivity contribution in [1.29, 1.82) is 0 Å². The highest BCUT2D eigenvalue weighted by molar-refractivity contribution is 7.20. The summed E-state index contributed by atoms with van der Waals surface area (Å²) in [6.07, 6.45) is 5.01. The molecule has 24 heavy (non-hydrogen) atoms. The first kappa shape index (κ1) is 17.1. The number of nitrogens with zero attached hydrogens (tertiary/aromatic N) is 4. The van der Waals surface area contributed by atoms with E-state index in [9.17, 15) is 4.79 Å². The number of hydrogen-bond acceptors (Lipinski definition) is 6. The van der Waals surface area contributed by atoms with E-state index >= 15 is 0 Å². The van der Waals surface area contributed by atoms with Crippen LogP contribution in [0.15, 0.2) is 6.33 Å². The van der Waals surface area contributed by atoms with Crippen LogP contribution in [0.5, 0.6) is 0 Å². The molecule has 0 radical (unpaired) electrons. The maximum atomic E-state index is 12.9. The van der Waals surface area contributed by atoms with Gasteiger partial charge in [0.05, 0.1) is 10.3 Å². The number of carbonyl (C=O) groups is 1. The first-order chi connectivity index (χ1) is 11.6. The van der Waals surface area contributed by atoms with Crippen LogP contribution in [0.4, 0.5) is 5.82 Å². The van der Waals surface area contributed by atoms with E-state index in [1.54, 1.807) is 6.33 Å². The van der Waals surface area contributed by atoms with Crippen LogP contribution in [-0.2, 0) is 0 Å². The maximum Gasteiger partial charge on any atom is 0.264 e. The molecule has 2 aromatic heterocycles. The summed E-state index contributed by atoms with van der Waals surface area (Å²) in [5.74, 6) is 0.975. The lowest BCUT2D eigenvalue weighted by Crippen LogP contribution is -2.35. The number of thiophene rings is 1. The maximum absolute atomic E-state index is 12.9. The smallest absolute Gasteiger partial charge is 0.264 e. The first-order valence-corrected chi connectivity index (χ1v) is 9.31. The van der Waals surface area contributed by atoms with Crippen molar-refractivity contribution < 1.29 is 4.79 Å². The number of likely N-dealkylation sites (tertiary alicyclic amines) is 1. The van der Waals surface area contributed by atoms with Crippen molar-refractivity contribution in [2.75, 3.05) is 45.6 Å². The molecule has 0 aliphatic carbocycles. The van der Waals surface area contributed by atoms with Crippen LogP contribution in [-0.4, -0.2) is 65.9 Å². The van der Waals surface area contributed by atoms with Gasteiger partial charge in [0.25, 0.3) is 5.91 Å². The molecular weight excluding hydrogens is 322 g/mol. The Morgan fingerprint density at radius 3 is 2.75 bits per heavy atom. The molecule has 0 bridgehead atoms. The number of likely N-dealkylation sites (N-methyl/N-ethyl adjacent to an activating group) is 1. The summed E-state index contributed by atoms with van der Waals surface area (Å²) in [5, 5.41) is 4.37.